The van der Waals surface area contributed by atoms with Gasteiger partial charge in [-0.15, -0.1) is 0 Å². The Bertz CT molecular complexity index is 480. The van der Waals surface area contributed by atoms with Gasteiger partial charge in [0, 0.05) is 29.2 Å². The lowest BCUT2D eigenvalue weighted by atomic mass is 10.1. The number of rotatable bonds is 2. The highest BCUT2D eigenvalue weighted by Gasteiger charge is 2.03. The molecule has 0 bridgehead atoms. The quantitative estimate of drug-likeness (QED) is 0.695. The first-order valence-electron chi connectivity index (χ1n) is 4.64. The molecular formula is C12H10N2O. The van der Waals surface area contributed by atoms with Crippen LogP contribution in [0.3, 0.4) is 0 Å². The molecule has 0 N–H and O–H groups in total. The molecule has 2 aromatic rings. The molecule has 0 aliphatic rings. The molecule has 0 atom stereocenters. The van der Waals surface area contributed by atoms with E-state index < -0.39 is 0 Å². The lowest BCUT2D eigenvalue weighted by Gasteiger charge is -2.04. The fourth-order valence-corrected chi connectivity index (χ4v) is 1.47. The Labute approximate surface area is 87.8 Å². The zero-order valence-corrected chi connectivity index (χ0v) is 8.34. The van der Waals surface area contributed by atoms with E-state index in [0.29, 0.717) is 5.69 Å². The lowest BCUT2D eigenvalue weighted by molar-refractivity contribution is 0.111. The number of hydrogen-bond acceptors (Lipinski definition) is 3. The van der Waals surface area contributed by atoms with Crippen molar-refractivity contribution < 1.29 is 4.79 Å². The minimum Gasteiger partial charge on any atom is -0.296 e. The Morgan fingerprint density at radius 2 is 2.13 bits per heavy atom. The van der Waals surface area contributed by atoms with Gasteiger partial charge in [0.2, 0.25) is 0 Å². The number of carbonyl (C=O) groups excluding carboxylic acids is 1. The van der Waals surface area contributed by atoms with E-state index in [1.165, 1.54) is 0 Å². The van der Waals surface area contributed by atoms with E-state index in [-0.39, 0.29) is 0 Å². The zero-order valence-electron chi connectivity index (χ0n) is 8.34. The summed E-state index contributed by atoms with van der Waals surface area (Å²) >= 11 is 0. The van der Waals surface area contributed by atoms with Crippen molar-refractivity contribution in [3.63, 3.8) is 0 Å². The topological polar surface area (TPSA) is 42.9 Å². The molecule has 0 aliphatic heterocycles. The number of aryl methyl sites for hydroxylation is 1. The molecule has 2 heterocycles. The molecule has 0 unspecified atom stereocenters. The van der Waals surface area contributed by atoms with Crippen molar-refractivity contribution in [2.24, 2.45) is 0 Å². The molecule has 0 saturated carbocycles. The number of aromatic nitrogens is 2. The summed E-state index contributed by atoms with van der Waals surface area (Å²) in [5.74, 6) is 0. The van der Waals surface area contributed by atoms with Gasteiger partial charge in [-0.3, -0.25) is 9.78 Å². The summed E-state index contributed by atoms with van der Waals surface area (Å²) in [5.41, 5.74) is 3.32. The molecule has 0 aromatic carbocycles. The van der Waals surface area contributed by atoms with Crippen LogP contribution in [0.5, 0.6) is 0 Å². The molecular weight excluding hydrogens is 188 g/mol. The zero-order chi connectivity index (χ0) is 10.7. The highest BCUT2D eigenvalue weighted by atomic mass is 16.1. The minimum atomic E-state index is 0.458. The normalized spacial score (nSPS) is 9.93. The number of nitrogens with zero attached hydrogens (tertiary/aromatic N) is 2. The van der Waals surface area contributed by atoms with Crippen LogP contribution in [0, 0.1) is 6.92 Å². The highest BCUT2D eigenvalue weighted by Crippen LogP contribution is 2.20. The predicted molar refractivity (Wildman–Crippen MR) is 57.6 cm³/mol. The van der Waals surface area contributed by atoms with E-state index in [1.54, 1.807) is 18.5 Å². The maximum atomic E-state index is 10.5. The van der Waals surface area contributed by atoms with Gasteiger partial charge in [0.05, 0.1) is 0 Å². The van der Waals surface area contributed by atoms with Crippen LogP contribution in [0.2, 0.25) is 0 Å². The van der Waals surface area contributed by atoms with Crippen molar-refractivity contribution >= 4 is 6.29 Å². The van der Waals surface area contributed by atoms with Crippen LogP contribution in [0.15, 0.2) is 36.7 Å². The number of carbonyl (C=O) groups is 1. The standard InChI is InChI=1S/C12H10N2O/c1-9-12(5-4-11(8-15)14-9)10-3-2-6-13-7-10/h2-8H,1H3. The third kappa shape index (κ3) is 1.91. The Morgan fingerprint density at radius 3 is 2.73 bits per heavy atom. The fourth-order valence-electron chi connectivity index (χ4n) is 1.47. The lowest BCUT2D eigenvalue weighted by Crippen LogP contribution is -1.93. The number of hydrogen-bond donors (Lipinski definition) is 0. The highest BCUT2D eigenvalue weighted by molar-refractivity contribution is 5.74. The Balaban J connectivity index is 2.51. The van der Waals surface area contributed by atoms with E-state index in [9.17, 15) is 4.79 Å². The van der Waals surface area contributed by atoms with Crippen LogP contribution >= 0.6 is 0 Å². The van der Waals surface area contributed by atoms with Gasteiger partial charge in [0.15, 0.2) is 6.29 Å². The SMILES string of the molecule is Cc1nc(C=O)ccc1-c1cccnc1. The van der Waals surface area contributed by atoms with Crippen molar-refractivity contribution in [1.29, 1.82) is 0 Å². The van der Waals surface area contributed by atoms with Gasteiger partial charge in [0.25, 0.3) is 0 Å². The summed E-state index contributed by atoms with van der Waals surface area (Å²) in [6.07, 6.45) is 4.26. The third-order valence-electron chi connectivity index (χ3n) is 2.20. The Kier molecular flexibility index (Phi) is 2.54. The van der Waals surface area contributed by atoms with Crippen molar-refractivity contribution in [1.82, 2.24) is 9.97 Å². The second-order valence-corrected chi connectivity index (χ2v) is 3.23. The average Bonchev–Trinajstić information content (AvgIpc) is 2.30. The van der Waals surface area contributed by atoms with Gasteiger partial charge < -0.3 is 0 Å². The van der Waals surface area contributed by atoms with Crippen molar-refractivity contribution in [2.45, 2.75) is 6.92 Å². The third-order valence-corrected chi connectivity index (χ3v) is 2.20. The second kappa shape index (κ2) is 4.00. The summed E-state index contributed by atoms with van der Waals surface area (Å²) in [5, 5.41) is 0. The summed E-state index contributed by atoms with van der Waals surface area (Å²) in [6, 6.07) is 7.45. The van der Waals surface area contributed by atoms with Gasteiger partial charge in [-0.25, -0.2) is 4.98 Å². The molecule has 2 rings (SSSR count). The molecule has 15 heavy (non-hydrogen) atoms. The van der Waals surface area contributed by atoms with Crippen LogP contribution in [-0.4, -0.2) is 16.3 Å². The Hall–Kier alpha value is -2.03. The second-order valence-electron chi connectivity index (χ2n) is 3.23. The first-order valence-corrected chi connectivity index (χ1v) is 4.64. The summed E-state index contributed by atoms with van der Waals surface area (Å²) in [7, 11) is 0. The molecule has 2 aromatic heterocycles. The maximum Gasteiger partial charge on any atom is 0.168 e. The number of pyridine rings is 2. The maximum absolute atomic E-state index is 10.5. The molecule has 0 spiro atoms. The van der Waals surface area contributed by atoms with E-state index in [1.807, 2.05) is 25.1 Å². The average molecular weight is 198 g/mol. The molecule has 0 fully saturated rings. The van der Waals surface area contributed by atoms with Crippen molar-refractivity contribution in [2.75, 3.05) is 0 Å². The fraction of sp³-hybridized carbons (Fsp3) is 0.0833. The van der Waals surface area contributed by atoms with Crippen LogP contribution in [-0.2, 0) is 0 Å². The van der Waals surface area contributed by atoms with Gasteiger partial charge in [-0.2, -0.15) is 0 Å². The van der Waals surface area contributed by atoms with Crippen LogP contribution in [0.4, 0.5) is 0 Å². The molecule has 0 saturated heterocycles. The number of aldehydes is 1. The van der Waals surface area contributed by atoms with Gasteiger partial charge >= 0.3 is 0 Å². The van der Waals surface area contributed by atoms with Crippen LogP contribution < -0.4 is 0 Å². The van der Waals surface area contributed by atoms with E-state index in [4.69, 9.17) is 0 Å². The molecule has 0 amide bonds. The summed E-state index contributed by atoms with van der Waals surface area (Å²) in [6.45, 7) is 1.88. The van der Waals surface area contributed by atoms with Crippen LogP contribution in [0.25, 0.3) is 11.1 Å². The van der Waals surface area contributed by atoms with Crippen molar-refractivity contribution in [3.05, 3.63) is 48.0 Å². The van der Waals surface area contributed by atoms with Crippen LogP contribution in [0.1, 0.15) is 16.2 Å². The predicted octanol–water partition coefficient (Wildman–Crippen LogP) is 2.26. The first-order chi connectivity index (χ1) is 7.31. The molecule has 0 aliphatic carbocycles. The molecule has 74 valence electrons. The molecule has 3 heteroatoms. The van der Waals surface area contributed by atoms with Crippen molar-refractivity contribution in [3.8, 4) is 11.1 Å². The smallest absolute Gasteiger partial charge is 0.168 e. The minimum absolute atomic E-state index is 0.458. The summed E-state index contributed by atoms with van der Waals surface area (Å²) < 4.78 is 0. The molecule has 3 nitrogen and oxygen atoms in total. The monoisotopic (exact) mass is 198 g/mol. The van der Waals surface area contributed by atoms with E-state index in [0.717, 1.165) is 23.1 Å². The van der Waals surface area contributed by atoms with Gasteiger partial charge in [-0.1, -0.05) is 12.1 Å². The van der Waals surface area contributed by atoms with E-state index in [2.05, 4.69) is 9.97 Å². The summed E-state index contributed by atoms with van der Waals surface area (Å²) in [4.78, 5) is 18.8. The largest absolute Gasteiger partial charge is 0.296 e. The van der Waals surface area contributed by atoms with Gasteiger partial charge in [-0.05, 0) is 19.1 Å². The molecule has 0 radical (unpaired) electrons. The van der Waals surface area contributed by atoms with Gasteiger partial charge in [0.1, 0.15) is 5.69 Å². The first kappa shape index (κ1) is 9.52. The van der Waals surface area contributed by atoms with E-state index >= 15 is 0 Å². The Morgan fingerprint density at radius 1 is 1.27 bits per heavy atom.